The van der Waals surface area contributed by atoms with Gasteiger partial charge in [0.05, 0.1) is 24.6 Å². The fraction of sp³-hybridized carbons (Fsp3) is 0.692. The molecule has 0 spiro atoms. The first-order valence-electron chi connectivity index (χ1n) is 24.3. The minimum absolute atomic E-state index is 0.0777. The number of nitrogens with two attached hydrogens (primary N) is 2. The van der Waals surface area contributed by atoms with Crippen molar-refractivity contribution in [2.45, 2.75) is 219 Å². The molecule has 0 aliphatic heterocycles. The zero-order chi connectivity index (χ0) is 41.7. The SMILES string of the molecule is CCCCCCCCCCCCCCCCCCOc1ccc(C=C(N)C(N)=Cc2ccc(OCCCCCCCCCCCCCCCCCC)cc2O)c(O)c1. The Kier molecular flexibility index (Phi) is 31.3. The quantitative estimate of drug-likeness (QED) is 0.0396. The topological polar surface area (TPSA) is 111 Å². The van der Waals surface area contributed by atoms with Crippen LogP contribution in [0.5, 0.6) is 23.0 Å². The van der Waals surface area contributed by atoms with E-state index in [1.807, 2.05) is 12.1 Å². The van der Waals surface area contributed by atoms with E-state index in [4.69, 9.17) is 20.9 Å². The van der Waals surface area contributed by atoms with Crippen molar-refractivity contribution in [3.05, 3.63) is 58.9 Å². The van der Waals surface area contributed by atoms with Crippen molar-refractivity contribution in [1.29, 1.82) is 0 Å². The molecule has 0 radical (unpaired) electrons. The van der Waals surface area contributed by atoms with Crippen molar-refractivity contribution in [1.82, 2.24) is 0 Å². The maximum absolute atomic E-state index is 10.7. The van der Waals surface area contributed by atoms with Gasteiger partial charge < -0.3 is 31.2 Å². The van der Waals surface area contributed by atoms with Crippen molar-refractivity contribution < 1.29 is 19.7 Å². The number of phenols is 2. The second kappa shape index (κ2) is 35.6. The van der Waals surface area contributed by atoms with E-state index >= 15 is 0 Å². The highest BCUT2D eigenvalue weighted by Crippen LogP contribution is 2.28. The van der Waals surface area contributed by atoms with Gasteiger partial charge in [0.1, 0.15) is 23.0 Å². The Bertz CT molecular complexity index is 1240. The third-order valence-electron chi connectivity index (χ3n) is 11.5. The van der Waals surface area contributed by atoms with E-state index in [1.165, 1.54) is 180 Å². The fourth-order valence-corrected chi connectivity index (χ4v) is 7.65. The number of hydrogen-bond donors (Lipinski definition) is 4. The van der Waals surface area contributed by atoms with Gasteiger partial charge in [0.15, 0.2) is 0 Å². The van der Waals surface area contributed by atoms with E-state index in [2.05, 4.69) is 13.8 Å². The monoisotopic (exact) mass is 805 g/mol. The van der Waals surface area contributed by atoms with Crippen molar-refractivity contribution >= 4 is 12.2 Å². The first-order valence-corrected chi connectivity index (χ1v) is 24.3. The first-order chi connectivity index (χ1) is 28.4. The lowest BCUT2D eigenvalue weighted by Crippen LogP contribution is -2.09. The number of unbranched alkanes of at least 4 members (excludes halogenated alkanes) is 30. The number of phenolic OH excluding ortho intramolecular Hbond substituents is 2. The predicted octanol–water partition coefficient (Wildman–Crippen LogP) is 15.7. The van der Waals surface area contributed by atoms with E-state index in [9.17, 15) is 10.2 Å². The molecule has 2 aromatic carbocycles. The molecule has 2 aromatic rings. The standard InChI is InChI=1S/C52H88N2O4/c1-3-5-7-9-11-13-15-17-19-21-23-25-27-29-31-33-39-57-47-37-35-45(51(55)43-47)41-49(53)50(54)42-46-36-38-48(44-52(46)56)58-40-34-32-30-28-26-24-22-20-18-16-14-12-10-8-6-4-2/h35-38,41-44,55-56H,3-34,39-40,53-54H2,1-2H3. The molecule has 330 valence electrons. The lowest BCUT2D eigenvalue weighted by molar-refractivity contribution is 0.302. The normalized spacial score (nSPS) is 12.0. The molecule has 2 rings (SSSR count). The molecule has 6 heteroatoms. The van der Waals surface area contributed by atoms with Crippen LogP contribution in [0, 0.1) is 0 Å². The largest absolute Gasteiger partial charge is 0.507 e. The van der Waals surface area contributed by atoms with Gasteiger partial charge in [-0.25, -0.2) is 0 Å². The Balaban J connectivity index is 1.55. The first kappa shape index (κ1) is 50.9. The zero-order valence-electron chi connectivity index (χ0n) is 37.5. The summed E-state index contributed by atoms with van der Waals surface area (Å²) in [6.07, 6.45) is 46.2. The van der Waals surface area contributed by atoms with E-state index in [0.717, 1.165) is 25.7 Å². The fourth-order valence-electron chi connectivity index (χ4n) is 7.65. The minimum atomic E-state index is 0.0777. The lowest BCUT2D eigenvalue weighted by Gasteiger charge is -2.10. The molecule has 0 aliphatic rings. The van der Waals surface area contributed by atoms with Crippen LogP contribution >= 0.6 is 0 Å². The molecule has 0 heterocycles. The molecule has 0 aliphatic carbocycles. The summed E-state index contributed by atoms with van der Waals surface area (Å²) in [5.41, 5.74) is 14.3. The predicted molar refractivity (Wildman–Crippen MR) is 251 cm³/mol. The number of aromatic hydroxyl groups is 2. The Morgan fingerprint density at radius 2 is 0.638 bits per heavy atom. The molecular weight excluding hydrogens is 717 g/mol. The molecule has 0 saturated carbocycles. The van der Waals surface area contributed by atoms with Crippen LogP contribution < -0.4 is 20.9 Å². The van der Waals surface area contributed by atoms with Gasteiger partial charge >= 0.3 is 0 Å². The van der Waals surface area contributed by atoms with Gasteiger partial charge in [0.2, 0.25) is 0 Å². The third kappa shape index (κ3) is 26.7. The van der Waals surface area contributed by atoms with Crippen LogP contribution in [0.25, 0.3) is 12.2 Å². The maximum atomic E-state index is 10.7. The van der Waals surface area contributed by atoms with Crippen molar-refractivity contribution in [2.24, 2.45) is 11.5 Å². The molecule has 6 nitrogen and oxygen atoms in total. The van der Waals surface area contributed by atoms with E-state index < -0.39 is 0 Å². The highest BCUT2D eigenvalue weighted by molar-refractivity contribution is 5.69. The Morgan fingerprint density at radius 3 is 0.879 bits per heavy atom. The summed E-state index contributed by atoms with van der Waals surface area (Å²) >= 11 is 0. The summed E-state index contributed by atoms with van der Waals surface area (Å²) in [5, 5.41) is 21.3. The molecule has 58 heavy (non-hydrogen) atoms. The summed E-state index contributed by atoms with van der Waals surface area (Å²) in [7, 11) is 0. The van der Waals surface area contributed by atoms with Gasteiger partial charge in [-0.2, -0.15) is 0 Å². The molecule has 0 amide bonds. The van der Waals surface area contributed by atoms with Crippen LogP contribution in [0.2, 0.25) is 0 Å². The molecule has 0 fully saturated rings. The smallest absolute Gasteiger partial charge is 0.126 e. The van der Waals surface area contributed by atoms with Crippen LogP contribution in [0.4, 0.5) is 0 Å². The average molecular weight is 805 g/mol. The molecule has 0 saturated heterocycles. The molecule has 0 aromatic heterocycles. The van der Waals surface area contributed by atoms with Crippen LogP contribution in [-0.4, -0.2) is 23.4 Å². The molecule has 6 N–H and O–H groups in total. The summed E-state index contributed by atoms with van der Waals surface area (Å²) < 4.78 is 11.8. The second-order valence-electron chi connectivity index (χ2n) is 16.9. The van der Waals surface area contributed by atoms with E-state index in [0.29, 0.717) is 47.2 Å². The molecule has 0 unspecified atom stereocenters. The average Bonchev–Trinajstić information content (AvgIpc) is 3.22. The van der Waals surface area contributed by atoms with Crippen LogP contribution in [0.3, 0.4) is 0 Å². The molecule has 0 atom stereocenters. The van der Waals surface area contributed by atoms with Crippen LogP contribution in [0.1, 0.15) is 230 Å². The van der Waals surface area contributed by atoms with Gasteiger partial charge in [0.25, 0.3) is 0 Å². The van der Waals surface area contributed by atoms with Gasteiger partial charge in [-0.1, -0.05) is 206 Å². The Labute approximate surface area is 356 Å². The minimum Gasteiger partial charge on any atom is -0.507 e. The number of benzene rings is 2. The van der Waals surface area contributed by atoms with Crippen LogP contribution in [-0.2, 0) is 0 Å². The maximum Gasteiger partial charge on any atom is 0.126 e. The zero-order valence-corrected chi connectivity index (χ0v) is 37.5. The molecule has 0 bridgehead atoms. The number of hydrogen-bond acceptors (Lipinski definition) is 6. The summed E-state index contributed by atoms with van der Waals surface area (Å²) in [4.78, 5) is 0. The van der Waals surface area contributed by atoms with Crippen molar-refractivity contribution in [3.63, 3.8) is 0 Å². The van der Waals surface area contributed by atoms with Gasteiger partial charge in [-0.3, -0.25) is 0 Å². The summed E-state index contributed by atoms with van der Waals surface area (Å²) in [6.45, 7) is 5.84. The van der Waals surface area contributed by atoms with Crippen LogP contribution in [0.15, 0.2) is 47.8 Å². The summed E-state index contributed by atoms with van der Waals surface area (Å²) in [6, 6.07) is 10.5. The second-order valence-corrected chi connectivity index (χ2v) is 16.9. The number of rotatable bonds is 39. The van der Waals surface area contributed by atoms with Gasteiger partial charge in [-0.05, 0) is 49.3 Å². The van der Waals surface area contributed by atoms with E-state index in [-0.39, 0.29) is 11.5 Å². The van der Waals surface area contributed by atoms with E-state index in [1.54, 1.807) is 36.4 Å². The van der Waals surface area contributed by atoms with Crippen molar-refractivity contribution in [3.8, 4) is 23.0 Å². The highest BCUT2D eigenvalue weighted by atomic mass is 16.5. The third-order valence-corrected chi connectivity index (χ3v) is 11.5. The highest BCUT2D eigenvalue weighted by Gasteiger charge is 2.07. The Morgan fingerprint density at radius 1 is 0.397 bits per heavy atom. The van der Waals surface area contributed by atoms with Crippen molar-refractivity contribution in [2.75, 3.05) is 13.2 Å². The van der Waals surface area contributed by atoms with Gasteiger partial charge in [-0.15, -0.1) is 0 Å². The number of ether oxygens (including phenoxy) is 2. The molecular formula is C52H88N2O4. The Hall–Kier alpha value is -3.28. The lowest BCUT2D eigenvalue weighted by atomic mass is 10.0. The summed E-state index contributed by atoms with van der Waals surface area (Å²) in [5.74, 6) is 1.43. The van der Waals surface area contributed by atoms with Gasteiger partial charge in [0, 0.05) is 23.3 Å².